The van der Waals surface area contributed by atoms with Gasteiger partial charge in [0.25, 0.3) is 0 Å². The molecule has 1 heterocycles. The Labute approximate surface area is 172 Å². The number of para-hydroxylation sites is 1. The molecule has 3 rings (SSSR count). The minimum atomic E-state index is -0.638. The number of ketones is 1. The molecule has 0 atom stereocenters. The van der Waals surface area contributed by atoms with E-state index in [1.807, 2.05) is 31.2 Å². The van der Waals surface area contributed by atoms with Crippen LogP contribution < -0.4 is 0 Å². The summed E-state index contributed by atoms with van der Waals surface area (Å²) in [5.74, 6) is -1.06. The normalized spacial score (nSPS) is 10.9. The number of ether oxygens (including phenoxy) is 2. The lowest BCUT2D eigenvalue weighted by Crippen LogP contribution is -2.18. The Morgan fingerprint density at radius 3 is 2.57 bits per heavy atom. The highest BCUT2D eigenvalue weighted by Gasteiger charge is 2.21. The highest BCUT2D eigenvalue weighted by atomic mass is 35.5. The zero-order chi connectivity index (χ0) is 20.3. The number of pyridine rings is 1. The van der Waals surface area contributed by atoms with E-state index in [4.69, 9.17) is 32.7 Å². The molecule has 2 aromatic carbocycles. The molecule has 0 aliphatic rings. The maximum absolute atomic E-state index is 12.8. The van der Waals surface area contributed by atoms with Crippen molar-refractivity contribution < 1.29 is 19.1 Å². The van der Waals surface area contributed by atoms with Gasteiger partial charge in [-0.25, -0.2) is 9.78 Å². The molecule has 3 aromatic rings. The Morgan fingerprint density at radius 2 is 1.86 bits per heavy atom. The van der Waals surface area contributed by atoms with E-state index in [1.165, 1.54) is 19.2 Å². The van der Waals surface area contributed by atoms with Crippen LogP contribution in [-0.4, -0.2) is 30.5 Å². The Hall–Kier alpha value is -2.47. The number of aryl methyl sites for hydroxylation is 1. The smallest absolute Gasteiger partial charge is 0.340 e. The highest BCUT2D eigenvalue weighted by molar-refractivity contribution is 6.36. The third-order valence-corrected chi connectivity index (χ3v) is 4.83. The second-order valence-electron chi connectivity index (χ2n) is 6.13. The van der Waals surface area contributed by atoms with Gasteiger partial charge in [-0.15, -0.1) is 0 Å². The lowest BCUT2D eigenvalue weighted by Gasteiger charge is -2.14. The fraction of sp³-hybridized carbons (Fsp3) is 0.190. The van der Waals surface area contributed by atoms with Gasteiger partial charge >= 0.3 is 5.97 Å². The summed E-state index contributed by atoms with van der Waals surface area (Å²) >= 11 is 11.9. The number of carbonyl (C=O) groups is 2. The van der Waals surface area contributed by atoms with Crippen molar-refractivity contribution >= 4 is 45.9 Å². The molecule has 0 spiro atoms. The third kappa shape index (κ3) is 4.17. The van der Waals surface area contributed by atoms with Gasteiger partial charge in [-0.2, -0.15) is 0 Å². The topological polar surface area (TPSA) is 65.5 Å². The molecule has 0 fully saturated rings. The zero-order valence-corrected chi connectivity index (χ0v) is 16.8. The lowest BCUT2D eigenvalue weighted by atomic mass is 10.0. The molecule has 5 nitrogen and oxygen atoms in total. The number of Topliss-reactive ketones (excluding diaryl/α,β-unsaturated/α-hetero) is 1. The number of esters is 1. The van der Waals surface area contributed by atoms with Gasteiger partial charge < -0.3 is 9.47 Å². The summed E-state index contributed by atoms with van der Waals surface area (Å²) in [7, 11) is 1.52. The van der Waals surface area contributed by atoms with Gasteiger partial charge in [0.05, 0.1) is 28.4 Å². The number of rotatable bonds is 6. The molecule has 0 amide bonds. The highest BCUT2D eigenvalue weighted by Crippen LogP contribution is 2.25. The van der Waals surface area contributed by atoms with E-state index in [0.29, 0.717) is 16.3 Å². The van der Waals surface area contributed by atoms with Crippen molar-refractivity contribution in [1.29, 1.82) is 0 Å². The molecule has 144 valence electrons. The van der Waals surface area contributed by atoms with Crippen LogP contribution in [0.1, 0.15) is 32.0 Å². The Balaban J connectivity index is 1.87. The first-order chi connectivity index (χ1) is 13.4. The molecule has 1 aromatic heterocycles. The molecule has 0 radical (unpaired) electrons. The van der Waals surface area contributed by atoms with E-state index in [9.17, 15) is 9.59 Å². The average Bonchev–Trinajstić information content (AvgIpc) is 2.66. The van der Waals surface area contributed by atoms with E-state index < -0.39 is 18.4 Å². The van der Waals surface area contributed by atoms with E-state index in [1.54, 1.807) is 6.07 Å². The number of hydrogen-bond acceptors (Lipinski definition) is 5. The number of aromatic nitrogens is 1. The molecule has 0 aliphatic heterocycles. The van der Waals surface area contributed by atoms with Crippen molar-refractivity contribution in [2.75, 3.05) is 13.7 Å². The zero-order valence-electron chi connectivity index (χ0n) is 15.3. The van der Waals surface area contributed by atoms with Gasteiger partial charge in [0, 0.05) is 23.1 Å². The molecule has 0 N–H and O–H groups in total. The van der Waals surface area contributed by atoms with Crippen LogP contribution in [0.3, 0.4) is 0 Å². The minimum Gasteiger partial charge on any atom is -0.454 e. The van der Waals surface area contributed by atoms with E-state index in [-0.39, 0.29) is 17.2 Å². The van der Waals surface area contributed by atoms with Crippen molar-refractivity contribution in [1.82, 2.24) is 4.98 Å². The fourth-order valence-corrected chi connectivity index (χ4v) is 3.46. The quantitative estimate of drug-likeness (QED) is 0.415. The summed E-state index contributed by atoms with van der Waals surface area (Å²) in [6, 6.07) is 12.0. The van der Waals surface area contributed by atoms with Gasteiger partial charge in [-0.3, -0.25) is 4.79 Å². The first-order valence-corrected chi connectivity index (χ1v) is 9.20. The van der Waals surface area contributed by atoms with Gasteiger partial charge in [0.15, 0.2) is 6.61 Å². The summed E-state index contributed by atoms with van der Waals surface area (Å²) in [6.45, 7) is 1.52. The maximum Gasteiger partial charge on any atom is 0.340 e. The van der Waals surface area contributed by atoms with Crippen LogP contribution in [0.5, 0.6) is 0 Å². The Morgan fingerprint density at radius 1 is 1.11 bits per heavy atom. The molecule has 0 saturated carbocycles. The van der Waals surface area contributed by atoms with Crippen LogP contribution in [0.25, 0.3) is 10.9 Å². The maximum atomic E-state index is 12.8. The van der Waals surface area contributed by atoms with Gasteiger partial charge in [0.2, 0.25) is 5.78 Å². The second kappa shape index (κ2) is 8.69. The van der Waals surface area contributed by atoms with Crippen LogP contribution in [0.2, 0.25) is 10.0 Å². The number of halogens is 2. The fourth-order valence-electron chi connectivity index (χ4n) is 2.95. The molecule has 7 heteroatoms. The molecule has 0 aliphatic carbocycles. The Bertz CT molecular complexity index is 1070. The Kier molecular flexibility index (Phi) is 6.29. The minimum absolute atomic E-state index is 0.146. The predicted molar refractivity (Wildman–Crippen MR) is 108 cm³/mol. The number of fused-ring (bicyclic) bond motifs is 1. The summed E-state index contributed by atoms with van der Waals surface area (Å²) in [5.41, 5.74) is 2.48. The van der Waals surface area contributed by atoms with Gasteiger partial charge in [0.1, 0.15) is 0 Å². The van der Waals surface area contributed by atoms with E-state index >= 15 is 0 Å². The molecular formula is C21H17Cl2NO4. The van der Waals surface area contributed by atoms with Gasteiger partial charge in [-0.05, 0) is 36.8 Å². The van der Waals surface area contributed by atoms with Crippen LogP contribution >= 0.6 is 23.2 Å². The predicted octanol–water partition coefficient (Wildman–Crippen LogP) is 5.04. The first kappa shape index (κ1) is 20.3. The number of hydrogen-bond donors (Lipinski definition) is 0. The standard InChI is InChI=1S/C21H17Cl2NO4/c1-12-14-5-3-4-6-17(14)24-18(10-27-2)20(12)21(26)28-11-19(25)15-8-7-13(22)9-16(15)23/h3-9H,10-11H2,1-2H3. The number of carbonyl (C=O) groups excluding carboxylic acids is 2. The molecule has 0 bridgehead atoms. The van der Waals surface area contributed by atoms with Crippen LogP contribution in [0.4, 0.5) is 0 Å². The number of nitrogens with zero attached hydrogens (tertiary/aromatic N) is 1. The largest absolute Gasteiger partial charge is 0.454 e. The third-order valence-electron chi connectivity index (χ3n) is 4.28. The second-order valence-corrected chi connectivity index (χ2v) is 6.98. The SMILES string of the molecule is COCc1nc2ccccc2c(C)c1C(=O)OCC(=O)c1ccc(Cl)cc1Cl. The summed E-state index contributed by atoms with van der Waals surface area (Å²) in [5, 5.41) is 1.46. The van der Waals surface area contributed by atoms with Crippen molar-refractivity contribution in [3.05, 3.63) is 74.9 Å². The summed E-state index contributed by atoms with van der Waals surface area (Å²) < 4.78 is 10.4. The first-order valence-electron chi connectivity index (χ1n) is 8.45. The van der Waals surface area contributed by atoms with E-state index in [2.05, 4.69) is 4.98 Å². The van der Waals surface area contributed by atoms with Crippen LogP contribution in [0.15, 0.2) is 42.5 Å². The van der Waals surface area contributed by atoms with Crippen molar-refractivity contribution in [2.45, 2.75) is 13.5 Å². The monoisotopic (exact) mass is 417 g/mol. The van der Waals surface area contributed by atoms with Crippen molar-refractivity contribution in [2.24, 2.45) is 0 Å². The summed E-state index contributed by atoms with van der Waals surface area (Å²) in [6.07, 6.45) is 0. The molecule has 0 unspecified atom stereocenters. The molecular weight excluding hydrogens is 401 g/mol. The summed E-state index contributed by atoms with van der Waals surface area (Å²) in [4.78, 5) is 29.6. The van der Waals surface area contributed by atoms with Crippen LogP contribution in [0, 0.1) is 6.92 Å². The lowest BCUT2D eigenvalue weighted by molar-refractivity contribution is 0.0469. The number of methoxy groups -OCH3 is 1. The average molecular weight is 418 g/mol. The molecule has 0 saturated heterocycles. The molecule has 28 heavy (non-hydrogen) atoms. The van der Waals surface area contributed by atoms with E-state index in [0.717, 1.165) is 16.5 Å². The van der Waals surface area contributed by atoms with Crippen molar-refractivity contribution in [3.63, 3.8) is 0 Å². The number of benzene rings is 2. The van der Waals surface area contributed by atoms with Gasteiger partial charge in [-0.1, -0.05) is 41.4 Å². The van der Waals surface area contributed by atoms with Crippen molar-refractivity contribution in [3.8, 4) is 0 Å². The van der Waals surface area contributed by atoms with Crippen LogP contribution in [-0.2, 0) is 16.1 Å².